The summed E-state index contributed by atoms with van der Waals surface area (Å²) >= 11 is 0. The average Bonchev–Trinajstić information content (AvgIpc) is 2.43. The minimum absolute atomic E-state index is 0.0673. The van der Waals surface area contributed by atoms with Gasteiger partial charge in [0, 0.05) is 12.1 Å². The number of β-amino-alcohol motifs (C(OH)–C–C–N with tert-alkyl or cyclic N) is 1. The summed E-state index contributed by atoms with van der Waals surface area (Å²) < 4.78 is 5.65. The number of hydrogen-bond acceptors (Lipinski definition) is 3. The molecule has 0 aliphatic heterocycles. The van der Waals surface area contributed by atoms with Crippen molar-refractivity contribution in [3.05, 3.63) is 29.8 Å². The number of aliphatic hydroxyl groups excluding tert-OH is 1. The van der Waals surface area contributed by atoms with Crippen LogP contribution in [0.2, 0.25) is 0 Å². The van der Waals surface area contributed by atoms with E-state index in [9.17, 15) is 5.11 Å². The Balaban J connectivity index is 2.34. The molecule has 0 bridgehead atoms. The largest absolute Gasteiger partial charge is 0.491 e. The fourth-order valence-electron chi connectivity index (χ4n) is 2.21. The second-order valence-corrected chi connectivity index (χ2v) is 5.98. The van der Waals surface area contributed by atoms with Crippen LogP contribution in [0.1, 0.15) is 46.1 Å². The number of aliphatic hydroxyl groups is 1. The molecule has 2 N–H and O–H groups in total. The van der Waals surface area contributed by atoms with Crippen molar-refractivity contribution < 1.29 is 9.84 Å². The Morgan fingerprint density at radius 2 is 2.05 bits per heavy atom. The first kappa shape index (κ1) is 17.0. The summed E-state index contributed by atoms with van der Waals surface area (Å²) in [5.74, 6) is 0.830. The topological polar surface area (TPSA) is 41.5 Å². The van der Waals surface area contributed by atoms with Gasteiger partial charge in [-0.1, -0.05) is 32.4 Å². The molecule has 0 aliphatic rings. The molecule has 0 spiro atoms. The van der Waals surface area contributed by atoms with Crippen molar-refractivity contribution in [2.45, 2.75) is 58.6 Å². The SMILES string of the molecule is CCCC(C)(C)NCC(O)COc1cccc(CC)c1. The highest BCUT2D eigenvalue weighted by Gasteiger charge is 2.17. The third kappa shape index (κ3) is 6.40. The van der Waals surface area contributed by atoms with Gasteiger partial charge in [-0.05, 0) is 44.4 Å². The lowest BCUT2D eigenvalue weighted by molar-refractivity contribution is 0.0980. The lowest BCUT2D eigenvalue weighted by Crippen LogP contribution is -2.44. The Labute approximate surface area is 123 Å². The summed E-state index contributed by atoms with van der Waals surface area (Å²) in [6.45, 7) is 9.49. The van der Waals surface area contributed by atoms with E-state index < -0.39 is 6.10 Å². The van der Waals surface area contributed by atoms with Crippen LogP contribution in [0.4, 0.5) is 0 Å². The average molecular weight is 279 g/mol. The van der Waals surface area contributed by atoms with E-state index in [1.54, 1.807) is 0 Å². The van der Waals surface area contributed by atoms with Gasteiger partial charge in [-0.3, -0.25) is 0 Å². The number of hydrogen-bond donors (Lipinski definition) is 2. The van der Waals surface area contributed by atoms with Gasteiger partial charge in [0.1, 0.15) is 18.5 Å². The molecule has 3 heteroatoms. The normalized spacial score (nSPS) is 13.2. The van der Waals surface area contributed by atoms with Gasteiger partial charge in [0.2, 0.25) is 0 Å². The lowest BCUT2D eigenvalue weighted by atomic mass is 9.99. The molecule has 0 radical (unpaired) electrons. The molecule has 20 heavy (non-hydrogen) atoms. The maximum Gasteiger partial charge on any atom is 0.119 e. The van der Waals surface area contributed by atoms with Crippen LogP contribution in [-0.2, 0) is 6.42 Å². The number of aryl methyl sites for hydroxylation is 1. The van der Waals surface area contributed by atoms with Crippen molar-refractivity contribution in [2.24, 2.45) is 0 Å². The monoisotopic (exact) mass is 279 g/mol. The molecule has 114 valence electrons. The van der Waals surface area contributed by atoms with Crippen molar-refractivity contribution >= 4 is 0 Å². The molecule has 0 fully saturated rings. The molecule has 1 atom stereocenters. The van der Waals surface area contributed by atoms with E-state index in [0.717, 1.165) is 25.0 Å². The standard InChI is InChI=1S/C17H29NO2/c1-5-10-17(3,4)18-12-15(19)13-20-16-9-7-8-14(6-2)11-16/h7-9,11,15,18-19H,5-6,10,12-13H2,1-4H3. The zero-order valence-corrected chi connectivity index (χ0v) is 13.3. The predicted octanol–water partition coefficient (Wildman–Crippen LogP) is 3.16. The summed E-state index contributed by atoms with van der Waals surface area (Å²) in [7, 11) is 0. The van der Waals surface area contributed by atoms with E-state index in [2.05, 4.69) is 39.1 Å². The summed E-state index contributed by atoms with van der Waals surface area (Å²) in [6.07, 6.45) is 2.73. The molecule has 0 amide bonds. The highest BCUT2D eigenvalue weighted by Crippen LogP contribution is 2.14. The van der Waals surface area contributed by atoms with E-state index >= 15 is 0 Å². The Kier molecular flexibility index (Phi) is 7.03. The fraction of sp³-hybridized carbons (Fsp3) is 0.647. The summed E-state index contributed by atoms with van der Waals surface area (Å²) in [5, 5.41) is 13.4. The highest BCUT2D eigenvalue weighted by atomic mass is 16.5. The van der Waals surface area contributed by atoms with Gasteiger partial charge in [-0.2, -0.15) is 0 Å². The van der Waals surface area contributed by atoms with Crippen LogP contribution in [0.15, 0.2) is 24.3 Å². The van der Waals surface area contributed by atoms with Crippen molar-refractivity contribution in [2.75, 3.05) is 13.2 Å². The van der Waals surface area contributed by atoms with Crippen molar-refractivity contribution in [3.8, 4) is 5.75 Å². The summed E-state index contributed by atoms with van der Waals surface area (Å²) in [6, 6.07) is 8.03. The van der Waals surface area contributed by atoms with Crippen LogP contribution in [0.5, 0.6) is 5.75 Å². The molecule has 1 unspecified atom stereocenters. The van der Waals surface area contributed by atoms with Gasteiger partial charge in [-0.25, -0.2) is 0 Å². The fourth-order valence-corrected chi connectivity index (χ4v) is 2.21. The van der Waals surface area contributed by atoms with Crippen LogP contribution in [0.25, 0.3) is 0 Å². The van der Waals surface area contributed by atoms with Crippen LogP contribution < -0.4 is 10.1 Å². The van der Waals surface area contributed by atoms with Crippen molar-refractivity contribution in [1.82, 2.24) is 5.32 Å². The number of rotatable bonds is 9. The van der Waals surface area contributed by atoms with Gasteiger partial charge in [0.25, 0.3) is 0 Å². The molecule has 1 aromatic carbocycles. The number of benzene rings is 1. The van der Waals surface area contributed by atoms with E-state index in [4.69, 9.17) is 4.74 Å². The third-order valence-electron chi connectivity index (χ3n) is 3.44. The van der Waals surface area contributed by atoms with E-state index in [1.807, 2.05) is 18.2 Å². The van der Waals surface area contributed by atoms with E-state index in [1.165, 1.54) is 5.56 Å². The zero-order chi connectivity index (χ0) is 15.0. The van der Waals surface area contributed by atoms with Gasteiger partial charge in [0.05, 0.1) is 0 Å². The summed E-state index contributed by atoms with van der Waals surface area (Å²) in [5.41, 5.74) is 1.32. The van der Waals surface area contributed by atoms with E-state index in [-0.39, 0.29) is 5.54 Å². The molecule has 0 saturated heterocycles. The summed E-state index contributed by atoms with van der Waals surface area (Å²) in [4.78, 5) is 0. The van der Waals surface area contributed by atoms with E-state index in [0.29, 0.717) is 13.2 Å². The maximum absolute atomic E-state index is 9.98. The van der Waals surface area contributed by atoms with Crippen LogP contribution in [-0.4, -0.2) is 29.9 Å². The first-order chi connectivity index (χ1) is 9.46. The van der Waals surface area contributed by atoms with Crippen molar-refractivity contribution in [1.29, 1.82) is 0 Å². The molecule has 3 nitrogen and oxygen atoms in total. The highest BCUT2D eigenvalue weighted by molar-refractivity contribution is 5.28. The first-order valence-corrected chi connectivity index (χ1v) is 7.61. The Hall–Kier alpha value is -1.06. The molecule has 0 heterocycles. The molecule has 0 saturated carbocycles. The minimum Gasteiger partial charge on any atom is -0.491 e. The lowest BCUT2D eigenvalue weighted by Gasteiger charge is -2.27. The van der Waals surface area contributed by atoms with Gasteiger partial charge >= 0.3 is 0 Å². The van der Waals surface area contributed by atoms with Gasteiger partial charge in [0.15, 0.2) is 0 Å². The quantitative estimate of drug-likeness (QED) is 0.729. The smallest absolute Gasteiger partial charge is 0.119 e. The molecular formula is C17H29NO2. The van der Waals surface area contributed by atoms with Crippen LogP contribution in [0.3, 0.4) is 0 Å². The Morgan fingerprint density at radius 1 is 1.30 bits per heavy atom. The number of nitrogens with one attached hydrogen (secondary N) is 1. The Bertz CT molecular complexity index is 390. The zero-order valence-electron chi connectivity index (χ0n) is 13.3. The first-order valence-electron chi connectivity index (χ1n) is 7.61. The number of ether oxygens (including phenoxy) is 1. The maximum atomic E-state index is 9.98. The molecule has 1 rings (SSSR count). The molecule has 1 aromatic rings. The van der Waals surface area contributed by atoms with Crippen LogP contribution in [0, 0.1) is 0 Å². The molecular weight excluding hydrogens is 250 g/mol. The second kappa shape index (κ2) is 8.28. The second-order valence-electron chi connectivity index (χ2n) is 5.98. The van der Waals surface area contributed by atoms with Gasteiger partial charge in [-0.15, -0.1) is 0 Å². The van der Waals surface area contributed by atoms with Gasteiger partial charge < -0.3 is 15.2 Å². The van der Waals surface area contributed by atoms with Crippen LogP contribution >= 0.6 is 0 Å². The molecule has 0 aliphatic carbocycles. The third-order valence-corrected chi connectivity index (χ3v) is 3.44. The minimum atomic E-state index is -0.489. The van der Waals surface area contributed by atoms with Crippen molar-refractivity contribution in [3.63, 3.8) is 0 Å². The predicted molar refractivity (Wildman–Crippen MR) is 84.3 cm³/mol. The Morgan fingerprint density at radius 3 is 2.70 bits per heavy atom. The molecule has 0 aromatic heterocycles.